The minimum atomic E-state index is -0.649. The van der Waals surface area contributed by atoms with E-state index >= 15 is 0 Å². The van der Waals surface area contributed by atoms with Gasteiger partial charge in [-0.15, -0.1) is 0 Å². The summed E-state index contributed by atoms with van der Waals surface area (Å²) in [5.41, 5.74) is -0.649. The molecule has 5 heteroatoms. The summed E-state index contributed by atoms with van der Waals surface area (Å²) in [6.45, 7) is 7.16. The predicted molar refractivity (Wildman–Crippen MR) is 73.1 cm³/mol. The maximum absolute atomic E-state index is 12.1. The maximum Gasteiger partial charge on any atom is 0.326 e. The molecular weight excluding hydrogens is 246 g/mol. The number of ether oxygens (including phenoxy) is 3. The molecule has 0 aromatic rings. The highest BCUT2D eigenvalue weighted by Gasteiger charge is 2.39. The van der Waals surface area contributed by atoms with Gasteiger partial charge in [0.1, 0.15) is 5.54 Å². The molecule has 0 aliphatic heterocycles. The van der Waals surface area contributed by atoms with E-state index in [9.17, 15) is 4.79 Å². The van der Waals surface area contributed by atoms with Crippen LogP contribution in [-0.4, -0.2) is 50.6 Å². The van der Waals surface area contributed by atoms with E-state index in [1.165, 1.54) is 0 Å². The Morgan fingerprint density at radius 2 is 2.16 bits per heavy atom. The SMILES string of the molecule is CCOC(=O)C(C)(CCOC(C)COC)NC1CC1. The van der Waals surface area contributed by atoms with Crippen LogP contribution in [0.2, 0.25) is 0 Å². The zero-order valence-corrected chi connectivity index (χ0v) is 12.5. The average Bonchev–Trinajstić information content (AvgIpc) is 3.13. The van der Waals surface area contributed by atoms with Gasteiger partial charge in [0, 0.05) is 19.8 Å². The number of esters is 1. The average molecular weight is 273 g/mol. The molecule has 5 nitrogen and oxygen atoms in total. The van der Waals surface area contributed by atoms with Crippen LogP contribution in [0.15, 0.2) is 0 Å². The molecule has 0 saturated heterocycles. The largest absolute Gasteiger partial charge is 0.465 e. The van der Waals surface area contributed by atoms with Crippen LogP contribution >= 0.6 is 0 Å². The fourth-order valence-electron chi connectivity index (χ4n) is 1.95. The molecule has 112 valence electrons. The maximum atomic E-state index is 12.1. The second-order valence-electron chi connectivity index (χ2n) is 5.36. The van der Waals surface area contributed by atoms with Crippen molar-refractivity contribution in [3.63, 3.8) is 0 Å². The van der Waals surface area contributed by atoms with E-state index in [0.29, 0.717) is 32.3 Å². The van der Waals surface area contributed by atoms with Crippen LogP contribution in [0.1, 0.15) is 40.0 Å². The van der Waals surface area contributed by atoms with Crippen molar-refractivity contribution in [2.45, 2.75) is 57.7 Å². The lowest BCUT2D eigenvalue weighted by atomic mass is 9.98. The van der Waals surface area contributed by atoms with Crippen LogP contribution in [0.5, 0.6) is 0 Å². The standard InChI is InChI=1S/C14H27NO4/c1-5-18-13(16)14(3,15-12-6-7-12)8-9-19-11(2)10-17-4/h11-12,15H,5-10H2,1-4H3. The highest BCUT2D eigenvalue weighted by Crippen LogP contribution is 2.25. The van der Waals surface area contributed by atoms with E-state index in [0.717, 1.165) is 12.8 Å². The Balaban J connectivity index is 2.41. The Hall–Kier alpha value is -0.650. The van der Waals surface area contributed by atoms with E-state index in [1.54, 1.807) is 7.11 Å². The number of methoxy groups -OCH3 is 1. The van der Waals surface area contributed by atoms with Crippen molar-refractivity contribution in [2.75, 3.05) is 26.9 Å². The van der Waals surface area contributed by atoms with E-state index in [2.05, 4.69) is 5.32 Å². The summed E-state index contributed by atoms with van der Waals surface area (Å²) >= 11 is 0. The van der Waals surface area contributed by atoms with Crippen molar-refractivity contribution < 1.29 is 19.0 Å². The highest BCUT2D eigenvalue weighted by atomic mass is 16.5. The van der Waals surface area contributed by atoms with Gasteiger partial charge in [0.05, 0.1) is 19.3 Å². The fourth-order valence-corrected chi connectivity index (χ4v) is 1.95. The van der Waals surface area contributed by atoms with Gasteiger partial charge in [0.25, 0.3) is 0 Å². The number of hydrogen-bond donors (Lipinski definition) is 1. The number of nitrogens with one attached hydrogen (secondary N) is 1. The van der Waals surface area contributed by atoms with E-state index in [1.807, 2.05) is 20.8 Å². The molecule has 0 radical (unpaired) electrons. The fraction of sp³-hybridized carbons (Fsp3) is 0.929. The minimum Gasteiger partial charge on any atom is -0.465 e. The lowest BCUT2D eigenvalue weighted by Gasteiger charge is -2.29. The summed E-state index contributed by atoms with van der Waals surface area (Å²) in [5, 5.41) is 3.37. The van der Waals surface area contributed by atoms with Crippen LogP contribution in [0.25, 0.3) is 0 Å². The summed E-state index contributed by atoms with van der Waals surface area (Å²) in [7, 11) is 1.65. The molecule has 0 bridgehead atoms. The van der Waals surface area contributed by atoms with Gasteiger partial charge < -0.3 is 14.2 Å². The molecule has 1 N–H and O–H groups in total. The first-order chi connectivity index (χ1) is 9.01. The molecule has 0 heterocycles. The van der Waals surface area contributed by atoms with Crippen molar-refractivity contribution >= 4 is 5.97 Å². The van der Waals surface area contributed by atoms with Crippen molar-refractivity contribution in [1.82, 2.24) is 5.32 Å². The molecule has 1 saturated carbocycles. The zero-order valence-electron chi connectivity index (χ0n) is 12.5. The number of carbonyl (C=O) groups is 1. The highest BCUT2D eigenvalue weighted by molar-refractivity contribution is 5.80. The van der Waals surface area contributed by atoms with Gasteiger partial charge in [-0.05, 0) is 40.0 Å². The Labute approximate surface area is 116 Å². The van der Waals surface area contributed by atoms with Gasteiger partial charge in [0.2, 0.25) is 0 Å². The lowest BCUT2D eigenvalue weighted by Crippen LogP contribution is -2.52. The quantitative estimate of drug-likeness (QED) is 0.611. The third-order valence-corrected chi connectivity index (χ3v) is 3.23. The van der Waals surface area contributed by atoms with Gasteiger partial charge in [-0.1, -0.05) is 0 Å². The Bertz CT molecular complexity index is 281. The number of hydrogen-bond acceptors (Lipinski definition) is 5. The molecule has 0 amide bonds. The summed E-state index contributed by atoms with van der Waals surface area (Å²) in [4.78, 5) is 12.1. The van der Waals surface area contributed by atoms with E-state index < -0.39 is 5.54 Å². The first-order valence-electron chi connectivity index (χ1n) is 7.07. The molecule has 0 aromatic heterocycles. The molecule has 2 unspecified atom stereocenters. The first-order valence-corrected chi connectivity index (χ1v) is 7.07. The van der Waals surface area contributed by atoms with Crippen LogP contribution < -0.4 is 5.32 Å². The second kappa shape index (κ2) is 7.82. The Morgan fingerprint density at radius 1 is 1.47 bits per heavy atom. The number of carbonyl (C=O) groups excluding carboxylic acids is 1. The minimum absolute atomic E-state index is 0.0392. The molecule has 1 rings (SSSR count). The molecule has 1 aliphatic rings. The third kappa shape index (κ3) is 5.89. The van der Waals surface area contributed by atoms with Gasteiger partial charge in [-0.3, -0.25) is 10.1 Å². The predicted octanol–water partition coefficient (Wildman–Crippen LogP) is 1.50. The monoisotopic (exact) mass is 273 g/mol. The van der Waals surface area contributed by atoms with Gasteiger partial charge in [-0.2, -0.15) is 0 Å². The summed E-state index contributed by atoms with van der Waals surface area (Å²) in [6, 6.07) is 0.450. The van der Waals surface area contributed by atoms with Gasteiger partial charge >= 0.3 is 5.97 Å². The Morgan fingerprint density at radius 3 is 2.68 bits per heavy atom. The molecule has 1 aliphatic carbocycles. The zero-order chi connectivity index (χ0) is 14.3. The molecule has 19 heavy (non-hydrogen) atoms. The van der Waals surface area contributed by atoms with Crippen molar-refractivity contribution in [3.05, 3.63) is 0 Å². The van der Waals surface area contributed by atoms with Crippen LogP contribution in [0.4, 0.5) is 0 Å². The topological polar surface area (TPSA) is 56.8 Å². The second-order valence-corrected chi connectivity index (χ2v) is 5.36. The molecule has 1 fully saturated rings. The lowest BCUT2D eigenvalue weighted by molar-refractivity contribution is -0.151. The molecule has 0 spiro atoms. The van der Waals surface area contributed by atoms with Crippen molar-refractivity contribution in [2.24, 2.45) is 0 Å². The molecule has 0 aromatic carbocycles. The normalized spacial score (nSPS) is 19.8. The van der Waals surface area contributed by atoms with Gasteiger partial charge in [0.15, 0.2) is 0 Å². The molecule has 2 atom stereocenters. The Kier molecular flexibility index (Phi) is 6.75. The van der Waals surface area contributed by atoms with Crippen LogP contribution in [-0.2, 0) is 19.0 Å². The van der Waals surface area contributed by atoms with E-state index in [-0.39, 0.29) is 12.1 Å². The third-order valence-electron chi connectivity index (χ3n) is 3.23. The summed E-state index contributed by atoms with van der Waals surface area (Å²) in [6.07, 6.45) is 2.92. The van der Waals surface area contributed by atoms with Crippen LogP contribution in [0.3, 0.4) is 0 Å². The smallest absolute Gasteiger partial charge is 0.326 e. The molecular formula is C14H27NO4. The van der Waals surface area contributed by atoms with E-state index in [4.69, 9.17) is 14.2 Å². The van der Waals surface area contributed by atoms with Gasteiger partial charge in [-0.25, -0.2) is 0 Å². The first kappa shape index (κ1) is 16.4. The van der Waals surface area contributed by atoms with Crippen LogP contribution in [0, 0.1) is 0 Å². The summed E-state index contributed by atoms with van der Waals surface area (Å²) < 4.78 is 15.8. The number of rotatable bonds is 10. The van der Waals surface area contributed by atoms with Crippen molar-refractivity contribution in [3.8, 4) is 0 Å². The van der Waals surface area contributed by atoms with Crippen molar-refractivity contribution in [1.29, 1.82) is 0 Å². The summed E-state index contributed by atoms with van der Waals surface area (Å²) in [5.74, 6) is -0.190.